The van der Waals surface area contributed by atoms with Gasteiger partial charge in [-0.3, -0.25) is 0 Å². The zero-order valence-corrected chi connectivity index (χ0v) is 10.9. The fraction of sp³-hybridized carbons (Fsp3) is 0.0667. The molecule has 0 heterocycles. The second kappa shape index (κ2) is 5.77. The molecule has 0 amide bonds. The van der Waals surface area contributed by atoms with E-state index in [0.29, 0.717) is 11.1 Å². The highest BCUT2D eigenvalue weighted by molar-refractivity contribution is 5.89. The Hall–Kier alpha value is -3.01. The van der Waals surface area contributed by atoms with Gasteiger partial charge in [0.25, 0.3) is 0 Å². The number of halogens is 3. The van der Waals surface area contributed by atoms with Gasteiger partial charge in [-0.1, -0.05) is 12.1 Å². The fourth-order valence-corrected chi connectivity index (χ4v) is 1.83. The van der Waals surface area contributed by atoms with Crippen LogP contribution >= 0.6 is 0 Å². The zero-order chi connectivity index (χ0) is 16.3. The minimum absolute atomic E-state index is 0.0758. The van der Waals surface area contributed by atoms with Crippen LogP contribution in [0, 0.1) is 11.3 Å². The number of carboxylic acids is 1. The van der Waals surface area contributed by atoms with Gasteiger partial charge < -0.3 is 9.84 Å². The van der Waals surface area contributed by atoms with Gasteiger partial charge in [0.2, 0.25) is 0 Å². The number of nitrogens with zero attached hydrogens (tertiary/aromatic N) is 1. The molecule has 0 bridgehead atoms. The van der Waals surface area contributed by atoms with Crippen LogP contribution in [-0.4, -0.2) is 17.4 Å². The average molecular weight is 307 g/mol. The molecular formula is C15H8F3NO3. The zero-order valence-electron chi connectivity index (χ0n) is 10.9. The highest BCUT2D eigenvalue weighted by Gasteiger charge is 2.32. The lowest BCUT2D eigenvalue weighted by Gasteiger charge is -2.14. The summed E-state index contributed by atoms with van der Waals surface area (Å²) in [7, 11) is 0. The van der Waals surface area contributed by atoms with Crippen molar-refractivity contribution in [3.63, 3.8) is 0 Å². The third kappa shape index (κ3) is 3.55. The van der Waals surface area contributed by atoms with Crippen LogP contribution in [0.5, 0.6) is 5.75 Å². The molecule has 0 radical (unpaired) electrons. The summed E-state index contributed by atoms with van der Waals surface area (Å²) in [6.45, 7) is 0. The van der Waals surface area contributed by atoms with Crippen molar-refractivity contribution in [1.82, 2.24) is 0 Å². The molecule has 2 aromatic carbocycles. The maximum absolute atomic E-state index is 12.5. The second-order valence-corrected chi connectivity index (χ2v) is 4.25. The van der Waals surface area contributed by atoms with E-state index in [-0.39, 0.29) is 11.1 Å². The van der Waals surface area contributed by atoms with E-state index >= 15 is 0 Å². The lowest BCUT2D eigenvalue weighted by molar-refractivity contribution is -0.274. The molecule has 0 fully saturated rings. The molecule has 0 aliphatic rings. The number of hydrogen-bond donors (Lipinski definition) is 1. The molecule has 4 nitrogen and oxygen atoms in total. The summed E-state index contributed by atoms with van der Waals surface area (Å²) in [6, 6.07) is 10.9. The molecule has 0 saturated heterocycles. The Labute approximate surface area is 123 Å². The van der Waals surface area contributed by atoms with Crippen molar-refractivity contribution in [3.8, 4) is 22.9 Å². The number of hydrogen-bond acceptors (Lipinski definition) is 3. The van der Waals surface area contributed by atoms with E-state index < -0.39 is 18.1 Å². The summed E-state index contributed by atoms with van der Waals surface area (Å²) in [5, 5.41) is 17.6. The molecule has 7 heteroatoms. The van der Waals surface area contributed by atoms with Crippen molar-refractivity contribution < 1.29 is 27.8 Å². The van der Waals surface area contributed by atoms with E-state index in [4.69, 9.17) is 10.4 Å². The first-order chi connectivity index (χ1) is 10.3. The summed E-state index contributed by atoms with van der Waals surface area (Å²) >= 11 is 0. The molecule has 22 heavy (non-hydrogen) atoms. The quantitative estimate of drug-likeness (QED) is 0.935. The van der Waals surface area contributed by atoms with Gasteiger partial charge in [0.05, 0.1) is 17.2 Å². The lowest BCUT2D eigenvalue weighted by atomic mass is 10.0. The van der Waals surface area contributed by atoms with E-state index in [1.54, 1.807) is 0 Å². The van der Waals surface area contributed by atoms with Crippen LogP contribution < -0.4 is 4.74 Å². The first-order valence-electron chi connectivity index (χ1n) is 5.94. The summed E-state index contributed by atoms with van der Waals surface area (Å²) < 4.78 is 41.3. The Morgan fingerprint density at radius 3 is 2.27 bits per heavy atom. The number of nitriles is 1. The Balaban J connectivity index is 2.53. The number of ether oxygens (including phenoxy) is 1. The number of benzene rings is 2. The Morgan fingerprint density at radius 2 is 1.77 bits per heavy atom. The first kappa shape index (κ1) is 15.4. The average Bonchev–Trinajstić information content (AvgIpc) is 2.45. The monoisotopic (exact) mass is 307 g/mol. The number of carboxylic acid groups (broad SMARTS) is 1. The number of aromatic carboxylic acids is 1. The summed E-state index contributed by atoms with van der Waals surface area (Å²) in [5.74, 6) is -1.98. The number of rotatable bonds is 3. The van der Waals surface area contributed by atoms with Gasteiger partial charge in [-0.15, -0.1) is 13.2 Å². The highest BCUT2D eigenvalue weighted by Crippen LogP contribution is 2.34. The van der Waals surface area contributed by atoms with Crippen LogP contribution in [0.15, 0.2) is 42.5 Å². The summed E-state index contributed by atoms with van der Waals surface area (Å²) in [6.07, 6.45) is -4.95. The van der Waals surface area contributed by atoms with Crippen LogP contribution in [0.1, 0.15) is 15.9 Å². The molecule has 0 saturated carbocycles. The van der Waals surface area contributed by atoms with Crippen molar-refractivity contribution >= 4 is 5.97 Å². The van der Waals surface area contributed by atoms with Crippen LogP contribution in [0.25, 0.3) is 11.1 Å². The molecule has 2 aromatic rings. The van der Waals surface area contributed by atoms with Crippen LogP contribution in [0.4, 0.5) is 13.2 Å². The number of alkyl halides is 3. The van der Waals surface area contributed by atoms with Crippen LogP contribution in [-0.2, 0) is 0 Å². The SMILES string of the molecule is N#Cc1ccc(-c2ccc(C(=O)O)cc2OC(F)(F)F)cc1. The van der Waals surface area contributed by atoms with Crippen molar-refractivity contribution in [1.29, 1.82) is 5.26 Å². The molecule has 2 rings (SSSR count). The summed E-state index contributed by atoms with van der Waals surface area (Å²) in [5.41, 5.74) is 0.475. The highest BCUT2D eigenvalue weighted by atomic mass is 19.4. The van der Waals surface area contributed by atoms with Crippen molar-refractivity contribution in [3.05, 3.63) is 53.6 Å². The molecule has 0 spiro atoms. The normalized spacial score (nSPS) is 10.8. The number of carbonyl (C=O) groups is 1. The predicted molar refractivity (Wildman–Crippen MR) is 70.2 cm³/mol. The van der Waals surface area contributed by atoms with Gasteiger partial charge in [0, 0.05) is 5.56 Å². The third-order valence-corrected chi connectivity index (χ3v) is 2.78. The van der Waals surface area contributed by atoms with Gasteiger partial charge in [-0.05, 0) is 35.9 Å². The smallest absolute Gasteiger partial charge is 0.478 e. The van der Waals surface area contributed by atoms with E-state index in [1.807, 2.05) is 6.07 Å². The third-order valence-electron chi connectivity index (χ3n) is 2.78. The first-order valence-corrected chi connectivity index (χ1v) is 5.94. The van der Waals surface area contributed by atoms with E-state index in [0.717, 1.165) is 6.07 Å². The van der Waals surface area contributed by atoms with Crippen LogP contribution in [0.3, 0.4) is 0 Å². The molecule has 0 atom stereocenters. The van der Waals surface area contributed by atoms with Crippen LogP contribution in [0.2, 0.25) is 0 Å². The maximum Gasteiger partial charge on any atom is 0.573 e. The van der Waals surface area contributed by atoms with Crippen molar-refractivity contribution in [2.24, 2.45) is 0 Å². The largest absolute Gasteiger partial charge is 0.573 e. The van der Waals surface area contributed by atoms with Gasteiger partial charge in [0.15, 0.2) is 0 Å². The topological polar surface area (TPSA) is 70.3 Å². The minimum Gasteiger partial charge on any atom is -0.478 e. The van der Waals surface area contributed by atoms with Crippen molar-refractivity contribution in [2.75, 3.05) is 0 Å². The second-order valence-electron chi connectivity index (χ2n) is 4.25. The summed E-state index contributed by atoms with van der Waals surface area (Å²) in [4.78, 5) is 10.9. The lowest BCUT2D eigenvalue weighted by Crippen LogP contribution is -2.18. The Morgan fingerprint density at radius 1 is 1.14 bits per heavy atom. The van der Waals surface area contributed by atoms with E-state index in [2.05, 4.69) is 4.74 Å². The molecule has 112 valence electrons. The molecule has 1 N–H and O–H groups in total. The fourth-order valence-electron chi connectivity index (χ4n) is 1.83. The minimum atomic E-state index is -4.95. The van der Waals surface area contributed by atoms with Gasteiger partial charge in [0.1, 0.15) is 5.75 Å². The van der Waals surface area contributed by atoms with Gasteiger partial charge >= 0.3 is 12.3 Å². The predicted octanol–water partition coefficient (Wildman–Crippen LogP) is 3.82. The molecular weight excluding hydrogens is 299 g/mol. The standard InChI is InChI=1S/C15H8F3NO3/c16-15(17,18)22-13-7-11(14(20)21)5-6-12(13)10-3-1-9(8-19)2-4-10/h1-7H,(H,20,21). The molecule has 0 aliphatic carbocycles. The van der Waals surface area contributed by atoms with E-state index in [9.17, 15) is 18.0 Å². The Kier molecular flexibility index (Phi) is 4.04. The molecule has 0 unspecified atom stereocenters. The molecule has 0 aliphatic heterocycles. The van der Waals surface area contributed by atoms with Crippen molar-refractivity contribution in [2.45, 2.75) is 6.36 Å². The van der Waals surface area contributed by atoms with E-state index in [1.165, 1.54) is 36.4 Å². The van der Waals surface area contributed by atoms with Gasteiger partial charge in [-0.25, -0.2) is 4.79 Å². The van der Waals surface area contributed by atoms with Gasteiger partial charge in [-0.2, -0.15) is 5.26 Å². The Bertz CT molecular complexity index is 746. The molecule has 0 aromatic heterocycles. The maximum atomic E-state index is 12.5.